The van der Waals surface area contributed by atoms with Crippen molar-refractivity contribution in [1.82, 2.24) is 9.62 Å². The van der Waals surface area contributed by atoms with Gasteiger partial charge in [-0.3, -0.25) is 4.31 Å². The molecule has 3 rings (SSSR count). The number of rotatable bonds is 4. The van der Waals surface area contributed by atoms with E-state index < -0.39 is 10.2 Å². The van der Waals surface area contributed by atoms with Crippen LogP contribution in [0.2, 0.25) is 0 Å². The molecule has 5 nitrogen and oxygen atoms in total. The third-order valence-corrected chi connectivity index (χ3v) is 6.34. The van der Waals surface area contributed by atoms with Crippen LogP contribution in [-0.2, 0) is 16.6 Å². The Hall–Kier alpha value is -1.11. The largest absolute Gasteiger partial charge is 0.319 e. The average Bonchev–Trinajstić information content (AvgIpc) is 2.92. The number of hydrogen-bond donors (Lipinski definition) is 1. The van der Waals surface area contributed by atoms with Gasteiger partial charge in [-0.2, -0.15) is 12.7 Å². The van der Waals surface area contributed by atoms with E-state index in [2.05, 4.69) is 5.32 Å². The van der Waals surface area contributed by atoms with E-state index in [-0.39, 0.29) is 0 Å². The second-order valence-corrected chi connectivity index (χ2v) is 7.74. The number of piperidine rings is 1. The normalized spacial score (nSPS) is 23.3. The van der Waals surface area contributed by atoms with Crippen LogP contribution in [-0.4, -0.2) is 45.9 Å². The van der Waals surface area contributed by atoms with Crippen molar-refractivity contribution < 1.29 is 8.42 Å². The molecule has 0 amide bonds. The molecule has 0 spiro atoms. The summed E-state index contributed by atoms with van der Waals surface area (Å²) in [7, 11) is -1.47. The molecule has 0 saturated carbocycles. The second-order valence-electron chi connectivity index (χ2n) is 5.88. The highest BCUT2D eigenvalue weighted by Gasteiger charge is 2.36. The molecular weight excluding hydrogens is 286 g/mol. The molecule has 1 aromatic rings. The van der Waals surface area contributed by atoms with Crippen LogP contribution in [0, 0.1) is 5.92 Å². The lowest BCUT2D eigenvalue weighted by atomic mass is 10.00. The summed E-state index contributed by atoms with van der Waals surface area (Å²) in [5.41, 5.74) is 1.98. The number of hydrogen-bond acceptors (Lipinski definition) is 3. The topological polar surface area (TPSA) is 52.7 Å². The fourth-order valence-corrected chi connectivity index (χ4v) is 5.17. The van der Waals surface area contributed by atoms with Crippen LogP contribution < -0.4 is 9.62 Å². The van der Waals surface area contributed by atoms with Crippen LogP contribution in [0.1, 0.15) is 18.4 Å². The van der Waals surface area contributed by atoms with Crippen LogP contribution in [0.4, 0.5) is 5.69 Å². The van der Waals surface area contributed by atoms with Crippen molar-refractivity contribution in [2.24, 2.45) is 5.92 Å². The zero-order valence-electron chi connectivity index (χ0n) is 12.5. The molecule has 1 aromatic carbocycles. The molecule has 0 aliphatic carbocycles. The van der Waals surface area contributed by atoms with Crippen LogP contribution in [0.15, 0.2) is 24.3 Å². The summed E-state index contributed by atoms with van der Waals surface area (Å²) in [4.78, 5) is 0. The van der Waals surface area contributed by atoms with Crippen LogP contribution in [0.5, 0.6) is 0 Å². The fraction of sp³-hybridized carbons (Fsp3) is 0.600. The first-order chi connectivity index (χ1) is 10.1. The Kier molecular flexibility index (Phi) is 4.19. The van der Waals surface area contributed by atoms with Crippen LogP contribution >= 0.6 is 0 Å². The smallest absolute Gasteiger partial charge is 0.304 e. The lowest BCUT2D eigenvalue weighted by Gasteiger charge is -2.35. The minimum absolute atomic E-state index is 0.413. The van der Waals surface area contributed by atoms with Gasteiger partial charge in [0, 0.05) is 19.6 Å². The predicted octanol–water partition coefficient (Wildman–Crippen LogP) is 1.23. The monoisotopic (exact) mass is 309 g/mol. The zero-order chi connectivity index (χ0) is 14.9. The maximum atomic E-state index is 12.9. The molecular formula is C15H23N3O2S. The Morgan fingerprint density at radius 3 is 2.90 bits per heavy atom. The number of benzene rings is 1. The van der Waals surface area contributed by atoms with E-state index in [9.17, 15) is 8.42 Å². The van der Waals surface area contributed by atoms with Crippen molar-refractivity contribution in [3.63, 3.8) is 0 Å². The Morgan fingerprint density at radius 1 is 1.29 bits per heavy atom. The van der Waals surface area contributed by atoms with Gasteiger partial charge in [0.05, 0.1) is 5.69 Å². The minimum Gasteiger partial charge on any atom is -0.319 e. The Balaban J connectivity index is 1.81. The molecule has 1 unspecified atom stereocenters. The van der Waals surface area contributed by atoms with Crippen molar-refractivity contribution in [2.75, 3.05) is 37.5 Å². The zero-order valence-corrected chi connectivity index (χ0v) is 13.3. The first-order valence-corrected chi connectivity index (χ1v) is 9.03. The molecule has 6 heteroatoms. The minimum atomic E-state index is -3.39. The van der Waals surface area contributed by atoms with Gasteiger partial charge in [-0.25, -0.2) is 0 Å². The van der Waals surface area contributed by atoms with Gasteiger partial charge in [-0.05, 0) is 50.4 Å². The van der Waals surface area contributed by atoms with Crippen molar-refractivity contribution in [1.29, 1.82) is 0 Å². The highest BCUT2D eigenvalue weighted by Crippen LogP contribution is 2.32. The number of fused-ring (bicyclic) bond motifs is 1. The molecule has 1 N–H and O–H groups in total. The van der Waals surface area contributed by atoms with E-state index in [0.29, 0.717) is 25.6 Å². The van der Waals surface area contributed by atoms with Crippen LogP contribution in [0.25, 0.3) is 0 Å². The van der Waals surface area contributed by atoms with Crippen LogP contribution in [0.3, 0.4) is 0 Å². The van der Waals surface area contributed by atoms with Gasteiger partial charge in [-0.15, -0.1) is 0 Å². The molecule has 0 radical (unpaired) electrons. The van der Waals surface area contributed by atoms with E-state index >= 15 is 0 Å². The standard InChI is InChI=1S/C15H23N3O2S/c1-16-11-13-5-4-9-17(12-13)21(19,20)18-10-8-14-6-2-3-7-15(14)18/h2-3,6-7,13,16H,4-5,8-12H2,1H3. The third-order valence-electron chi connectivity index (χ3n) is 4.42. The molecule has 2 aliphatic heterocycles. The van der Waals surface area contributed by atoms with Gasteiger partial charge in [0.1, 0.15) is 0 Å². The van der Waals surface area contributed by atoms with E-state index in [1.807, 2.05) is 31.3 Å². The maximum absolute atomic E-state index is 12.9. The molecule has 1 atom stereocenters. The van der Waals surface area contributed by atoms with E-state index in [1.165, 1.54) is 0 Å². The summed E-state index contributed by atoms with van der Waals surface area (Å²) in [6.45, 7) is 2.71. The molecule has 0 bridgehead atoms. The SMILES string of the molecule is CNCC1CCCN(S(=O)(=O)N2CCc3ccccc32)C1. The molecule has 2 heterocycles. The van der Waals surface area contributed by atoms with Gasteiger partial charge in [-0.1, -0.05) is 18.2 Å². The first-order valence-electron chi connectivity index (χ1n) is 7.63. The van der Waals surface area contributed by atoms with Crippen molar-refractivity contribution in [3.8, 4) is 0 Å². The second kappa shape index (κ2) is 5.94. The number of nitrogens with one attached hydrogen (secondary N) is 1. The summed E-state index contributed by atoms with van der Waals surface area (Å²) < 4.78 is 29.1. The molecule has 21 heavy (non-hydrogen) atoms. The van der Waals surface area contributed by atoms with E-state index in [1.54, 1.807) is 8.61 Å². The Morgan fingerprint density at radius 2 is 2.10 bits per heavy atom. The number of para-hydroxylation sites is 1. The van der Waals surface area contributed by atoms with Gasteiger partial charge >= 0.3 is 10.2 Å². The molecule has 0 aromatic heterocycles. The summed E-state index contributed by atoms with van der Waals surface area (Å²) >= 11 is 0. The quantitative estimate of drug-likeness (QED) is 0.910. The molecule has 1 fully saturated rings. The molecule has 2 aliphatic rings. The van der Waals surface area contributed by atoms with Gasteiger partial charge < -0.3 is 5.32 Å². The Labute approximate surface area is 127 Å². The summed E-state index contributed by atoms with van der Waals surface area (Å²) in [6, 6.07) is 7.81. The van der Waals surface area contributed by atoms with E-state index in [0.717, 1.165) is 37.1 Å². The summed E-state index contributed by atoms with van der Waals surface area (Å²) in [5, 5.41) is 3.16. The van der Waals surface area contributed by atoms with Crippen molar-refractivity contribution in [2.45, 2.75) is 19.3 Å². The van der Waals surface area contributed by atoms with Crippen molar-refractivity contribution >= 4 is 15.9 Å². The predicted molar refractivity (Wildman–Crippen MR) is 84.6 cm³/mol. The number of anilines is 1. The first kappa shape index (κ1) is 14.8. The maximum Gasteiger partial charge on any atom is 0.304 e. The van der Waals surface area contributed by atoms with E-state index in [4.69, 9.17) is 0 Å². The molecule has 116 valence electrons. The van der Waals surface area contributed by atoms with Gasteiger partial charge in [0.25, 0.3) is 0 Å². The molecule has 1 saturated heterocycles. The highest BCUT2D eigenvalue weighted by atomic mass is 32.2. The number of nitrogens with zero attached hydrogens (tertiary/aromatic N) is 2. The summed E-state index contributed by atoms with van der Waals surface area (Å²) in [5.74, 6) is 0.413. The van der Waals surface area contributed by atoms with Gasteiger partial charge in [0.15, 0.2) is 0 Å². The fourth-order valence-electron chi connectivity index (χ4n) is 3.38. The Bertz CT molecular complexity index is 601. The van der Waals surface area contributed by atoms with Crippen molar-refractivity contribution in [3.05, 3.63) is 29.8 Å². The van der Waals surface area contributed by atoms with Gasteiger partial charge in [0.2, 0.25) is 0 Å². The third kappa shape index (κ3) is 2.80. The lowest BCUT2D eigenvalue weighted by molar-refractivity contribution is 0.263. The summed E-state index contributed by atoms with van der Waals surface area (Å²) in [6.07, 6.45) is 2.85. The highest BCUT2D eigenvalue weighted by molar-refractivity contribution is 7.90. The average molecular weight is 309 g/mol. The lowest BCUT2D eigenvalue weighted by Crippen LogP contribution is -2.48.